The molecule has 0 amide bonds. The van der Waals surface area contributed by atoms with Gasteiger partial charge in [-0.1, -0.05) is 18.2 Å². The van der Waals surface area contributed by atoms with E-state index in [1.54, 1.807) is 26.2 Å². The maximum atomic E-state index is 12.6. The summed E-state index contributed by atoms with van der Waals surface area (Å²) in [7, 11) is -3.17. The summed E-state index contributed by atoms with van der Waals surface area (Å²) in [5, 5.41) is 3.23. The van der Waals surface area contributed by atoms with Crippen molar-refractivity contribution in [2.24, 2.45) is 0 Å². The second-order valence-electron chi connectivity index (χ2n) is 4.35. The Bertz CT molecular complexity index is 587. The van der Waals surface area contributed by atoms with Gasteiger partial charge >= 0.3 is 7.60 Å². The molecule has 0 aliphatic carbocycles. The van der Waals surface area contributed by atoms with Crippen LogP contribution in [0.2, 0.25) is 0 Å². The molecule has 0 saturated carbocycles. The van der Waals surface area contributed by atoms with Gasteiger partial charge in [0, 0.05) is 11.8 Å². The van der Waals surface area contributed by atoms with Crippen molar-refractivity contribution in [2.75, 3.05) is 18.5 Å². The Hall–Kier alpha value is -1.55. The van der Waals surface area contributed by atoms with E-state index in [2.05, 4.69) is 5.32 Å². The minimum absolute atomic E-state index is 0.108. The van der Waals surface area contributed by atoms with Gasteiger partial charge in [-0.2, -0.15) is 0 Å². The first-order valence-electron chi connectivity index (χ1n) is 6.93. The lowest BCUT2D eigenvalue weighted by atomic mass is 10.3. The molecule has 114 valence electrons. The summed E-state index contributed by atoms with van der Waals surface area (Å²) in [5.74, 6) is 0.559. The molecule has 0 saturated heterocycles. The first-order valence-corrected chi connectivity index (χ1v) is 8.66. The Balaban J connectivity index is 2.14. The van der Waals surface area contributed by atoms with Crippen molar-refractivity contribution in [1.29, 1.82) is 0 Å². The monoisotopic (exact) mass is 309 g/mol. The highest BCUT2D eigenvalue weighted by atomic mass is 31.2. The van der Waals surface area contributed by atoms with Gasteiger partial charge in [0.25, 0.3) is 0 Å². The summed E-state index contributed by atoms with van der Waals surface area (Å²) in [6.45, 7) is 4.24. The van der Waals surface area contributed by atoms with E-state index in [1.807, 2.05) is 30.3 Å². The van der Waals surface area contributed by atoms with Crippen LogP contribution in [0.3, 0.4) is 0 Å². The van der Waals surface area contributed by atoms with Crippen LogP contribution in [0, 0.1) is 0 Å². The van der Waals surface area contributed by atoms with Crippen LogP contribution in [-0.4, -0.2) is 13.2 Å². The molecule has 21 heavy (non-hydrogen) atoms. The van der Waals surface area contributed by atoms with E-state index in [-0.39, 0.29) is 6.16 Å². The summed E-state index contributed by atoms with van der Waals surface area (Å²) in [6, 6.07) is 11.5. The zero-order valence-electron chi connectivity index (χ0n) is 12.2. The van der Waals surface area contributed by atoms with E-state index in [0.717, 1.165) is 11.4 Å². The summed E-state index contributed by atoms with van der Waals surface area (Å²) in [4.78, 5) is 0. The first kappa shape index (κ1) is 15.8. The van der Waals surface area contributed by atoms with E-state index in [1.165, 1.54) is 0 Å². The molecule has 0 unspecified atom stereocenters. The summed E-state index contributed by atoms with van der Waals surface area (Å²) in [6.07, 6.45) is 1.67. The number of benzene rings is 1. The third-order valence-corrected chi connectivity index (χ3v) is 4.76. The van der Waals surface area contributed by atoms with E-state index in [9.17, 15) is 4.57 Å². The SMILES string of the molecule is CCOP(=O)(Cc1occc1Nc1ccccc1)OCC. The van der Waals surface area contributed by atoms with E-state index in [4.69, 9.17) is 13.5 Å². The highest BCUT2D eigenvalue weighted by Gasteiger charge is 2.27. The second-order valence-corrected chi connectivity index (χ2v) is 6.41. The second kappa shape index (κ2) is 7.46. The molecule has 1 heterocycles. The number of rotatable bonds is 8. The fourth-order valence-corrected chi connectivity index (χ4v) is 3.59. The average Bonchev–Trinajstić information content (AvgIpc) is 2.87. The zero-order chi connectivity index (χ0) is 15.1. The molecule has 0 atom stereocenters. The van der Waals surface area contributed by atoms with E-state index >= 15 is 0 Å². The van der Waals surface area contributed by atoms with Crippen LogP contribution in [-0.2, 0) is 19.8 Å². The average molecular weight is 309 g/mol. The molecule has 2 rings (SSSR count). The van der Waals surface area contributed by atoms with Crippen molar-refractivity contribution in [2.45, 2.75) is 20.0 Å². The topological polar surface area (TPSA) is 60.7 Å². The van der Waals surface area contributed by atoms with Gasteiger partial charge in [-0.3, -0.25) is 4.57 Å². The lowest BCUT2D eigenvalue weighted by molar-refractivity contribution is 0.217. The normalized spacial score (nSPS) is 11.5. The molecule has 1 aromatic carbocycles. The molecular weight excluding hydrogens is 289 g/mol. The molecule has 0 aliphatic heterocycles. The van der Waals surface area contributed by atoms with Crippen molar-refractivity contribution in [1.82, 2.24) is 0 Å². The molecule has 2 aromatic rings. The van der Waals surface area contributed by atoms with E-state index in [0.29, 0.717) is 19.0 Å². The lowest BCUT2D eigenvalue weighted by Gasteiger charge is -2.16. The van der Waals surface area contributed by atoms with Crippen LogP contribution in [0.5, 0.6) is 0 Å². The van der Waals surface area contributed by atoms with Gasteiger partial charge in [0.15, 0.2) is 0 Å². The van der Waals surface area contributed by atoms with Crippen molar-refractivity contribution in [3.8, 4) is 0 Å². The molecule has 0 spiro atoms. The van der Waals surface area contributed by atoms with Gasteiger partial charge in [-0.25, -0.2) is 0 Å². The molecule has 0 bridgehead atoms. The number of hydrogen-bond acceptors (Lipinski definition) is 5. The standard InChI is InChI=1S/C15H20NO4P/c1-3-19-21(17,20-4-2)12-15-14(10-11-18-15)16-13-8-6-5-7-9-13/h5-11,16H,3-4,12H2,1-2H3. The van der Waals surface area contributed by atoms with Gasteiger partial charge in [0.1, 0.15) is 11.9 Å². The highest BCUT2D eigenvalue weighted by molar-refractivity contribution is 7.53. The highest BCUT2D eigenvalue weighted by Crippen LogP contribution is 2.52. The Kier molecular flexibility index (Phi) is 5.62. The lowest BCUT2D eigenvalue weighted by Crippen LogP contribution is -2.00. The maximum Gasteiger partial charge on any atom is 0.338 e. The first-order chi connectivity index (χ1) is 10.2. The van der Waals surface area contributed by atoms with Crippen LogP contribution in [0.25, 0.3) is 0 Å². The largest absolute Gasteiger partial charge is 0.466 e. The van der Waals surface area contributed by atoms with Crippen molar-refractivity contribution < 1.29 is 18.0 Å². The van der Waals surface area contributed by atoms with Gasteiger partial charge in [0.2, 0.25) is 0 Å². The van der Waals surface area contributed by atoms with Gasteiger partial charge < -0.3 is 18.8 Å². The molecular formula is C15H20NO4P. The number of para-hydroxylation sites is 1. The third kappa shape index (κ3) is 4.46. The fourth-order valence-electron chi connectivity index (χ4n) is 1.95. The van der Waals surface area contributed by atoms with Crippen LogP contribution in [0.4, 0.5) is 11.4 Å². The number of furan rings is 1. The van der Waals surface area contributed by atoms with E-state index < -0.39 is 7.60 Å². The Morgan fingerprint density at radius 2 is 1.76 bits per heavy atom. The molecule has 0 radical (unpaired) electrons. The Labute approximate surface area is 124 Å². The molecule has 6 heteroatoms. The smallest absolute Gasteiger partial charge is 0.338 e. The minimum Gasteiger partial charge on any atom is -0.466 e. The van der Waals surface area contributed by atoms with Gasteiger partial charge in [-0.15, -0.1) is 0 Å². The molecule has 1 aromatic heterocycles. The summed E-state index contributed by atoms with van der Waals surface area (Å²) >= 11 is 0. The molecule has 0 fully saturated rings. The van der Waals surface area contributed by atoms with Crippen LogP contribution in [0.1, 0.15) is 19.6 Å². The minimum atomic E-state index is -3.17. The molecule has 0 aliphatic rings. The number of hydrogen-bond donors (Lipinski definition) is 1. The predicted molar refractivity (Wildman–Crippen MR) is 83.0 cm³/mol. The molecule has 1 N–H and O–H groups in total. The van der Waals surface area contributed by atoms with Gasteiger partial charge in [0.05, 0.1) is 25.2 Å². The Morgan fingerprint density at radius 1 is 1.10 bits per heavy atom. The predicted octanol–water partition coefficient (Wildman–Crippen LogP) is 4.79. The van der Waals surface area contributed by atoms with Crippen molar-refractivity contribution in [3.05, 3.63) is 48.4 Å². The molecule has 5 nitrogen and oxygen atoms in total. The van der Waals surface area contributed by atoms with Crippen LogP contribution in [0.15, 0.2) is 47.1 Å². The zero-order valence-corrected chi connectivity index (χ0v) is 13.1. The Morgan fingerprint density at radius 3 is 2.38 bits per heavy atom. The van der Waals surface area contributed by atoms with Crippen LogP contribution >= 0.6 is 7.60 Å². The van der Waals surface area contributed by atoms with Crippen molar-refractivity contribution in [3.63, 3.8) is 0 Å². The quantitative estimate of drug-likeness (QED) is 0.710. The van der Waals surface area contributed by atoms with Crippen molar-refractivity contribution >= 4 is 19.0 Å². The number of nitrogens with one attached hydrogen (secondary N) is 1. The van der Waals surface area contributed by atoms with Gasteiger partial charge in [-0.05, 0) is 26.0 Å². The van der Waals surface area contributed by atoms with Crippen LogP contribution < -0.4 is 5.32 Å². The maximum absolute atomic E-state index is 12.6. The third-order valence-electron chi connectivity index (χ3n) is 2.79. The summed E-state index contributed by atoms with van der Waals surface area (Å²) in [5.41, 5.74) is 1.70. The fraction of sp³-hybridized carbons (Fsp3) is 0.333. The number of anilines is 2. The summed E-state index contributed by atoms with van der Waals surface area (Å²) < 4.78 is 28.6.